The second-order valence-electron chi connectivity index (χ2n) is 5.75. The van der Waals surface area contributed by atoms with E-state index in [0.717, 1.165) is 49.6 Å². The van der Waals surface area contributed by atoms with E-state index in [4.69, 9.17) is 0 Å². The standard InChI is InChI=1S/C14H17N5O/c20-14(9-1-2-12-13(5-9)17-18-16-12)19-4-3-10-6-15-7-11(10)8-19/h1-2,5,10-11,15H,3-4,6-8H2,(H,16,17,18)/t10-,11-/m1/s1. The van der Waals surface area contributed by atoms with Crippen LogP contribution in [0.3, 0.4) is 0 Å². The molecule has 1 aromatic carbocycles. The highest BCUT2D eigenvalue weighted by atomic mass is 16.2. The Morgan fingerprint density at radius 3 is 3.00 bits per heavy atom. The normalized spacial score (nSPS) is 25.9. The van der Waals surface area contributed by atoms with E-state index in [-0.39, 0.29) is 5.91 Å². The van der Waals surface area contributed by atoms with Crippen molar-refractivity contribution < 1.29 is 4.79 Å². The predicted molar refractivity (Wildman–Crippen MR) is 74.3 cm³/mol. The third kappa shape index (κ3) is 1.87. The van der Waals surface area contributed by atoms with Gasteiger partial charge in [0.15, 0.2) is 0 Å². The van der Waals surface area contributed by atoms with Crippen LogP contribution < -0.4 is 5.32 Å². The monoisotopic (exact) mass is 271 g/mol. The fraction of sp³-hybridized carbons (Fsp3) is 0.500. The minimum absolute atomic E-state index is 0.111. The Balaban J connectivity index is 1.56. The summed E-state index contributed by atoms with van der Waals surface area (Å²) >= 11 is 0. The van der Waals surface area contributed by atoms with Crippen LogP contribution in [0, 0.1) is 11.8 Å². The molecule has 2 aliphatic rings. The molecule has 6 nitrogen and oxygen atoms in total. The van der Waals surface area contributed by atoms with Crippen LogP contribution in [-0.4, -0.2) is 52.4 Å². The summed E-state index contributed by atoms with van der Waals surface area (Å²) in [6.45, 7) is 3.88. The largest absolute Gasteiger partial charge is 0.338 e. The van der Waals surface area contributed by atoms with Crippen LogP contribution >= 0.6 is 0 Å². The van der Waals surface area contributed by atoms with E-state index in [1.807, 2.05) is 23.1 Å². The van der Waals surface area contributed by atoms with E-state index in [1.165, 1.54) is 0 Å². The van der Waals surface area contributed by atoms with E-state index in [9.17, 15) is 4.79 Å². The van der Waals surface area contributed by atoms with Gasteiger partial charge in [-0.3, -0.25) is 4.79 Å². The van der Waals surface area contributed by atoms with Gasteiger partial charge in [0.1, 0.15) is 11.0 Å². The number of rotatable bonds is 1. The molecule has 0 bridgehead atoms. The molecule has 3 heterocycles. The summed E-state index contributed by atoms with van der Waals surface area (Å²) in [6, 6.07) is 5.50. The zero-order valence-electron chi connectivity index (χ0n) is 11.2. The summed E-state index contributed by atoms with van der Waals surface area (Å²) in [4.78, 5) is 14.6. The molecule has 1 amide bonds. The van der Waals surface area contributed by atoms with Crippen molar-refractivity contribution in [1.29, 1.82) is 0 Å². The number of carbonyl (C=O) groups excluding carboxylic acids is 1. The van der Waals surface area contributed by atoms with Crippen LogP contribution in [0.15, 0.2) is 18.2 Å². The van der Waals surface area contributed by atoms with Crippen LogP contribution in [0.5, 0.6) is 0 Å². The quantitative estimate of drug-likeness (QED) is 0.798. The first-order chi connectivity index (χ1) is 9.81. The number of aromatic amines is 1. The van der Waals surface area contributed by atoms with Gasteiger partial charge in [-0.25, -0.2) is 0 Å². The van der Waals surface area contributed by atoms with Gasteiger partial charge in [-0.1, -0.05) is 0 Å². The lowest BCUT2D eigenvalue weighted by molar-refractivity contribution is 0.0642. The molecule has 0 saturated carbocycles. The molecule has 4 rings (SSSR count). The first-order valence-electron chi connectivity index (χ1n) is 7.12. The number of likely N-dealkylation sites (tertiary alicyclic amines) is 1. The van der Waals surface area contributed by atoms with Crippen molar-refractivity contribution >= 4 is 16.9 Å². The Bertz CT molecular complexity index is 652. The second-order valence-corrected chi connectivity index (χ2v) is 5.75. The van der Waals surface area contributed by atoms with Crippen molar-refractivity contribution in [3.63, 3.8) is 0 Å². The SMILES string of the molecule is O=C(c1ccc2n[nH]nc2c1)N1CC[C@@H]2CNC[C@@H]2C1. The highest BCUT2D eigenvalue weighted by Gasteiger charge is 2.34. The summed E-state index contributed by atoms with van der Waals surface area (Å²) in [7, 11) is 0. The van der Waals surface area contributed by atoms with Crippen molar-refractivity contribution in [2.75, 3.05) is 26.2 Å². The maximum atomic E-state index is 12.6. The average Bonchev–Trinajstić information content (AvgIpc) is 3.13. The van der Waals surface area contributed by atoms with E-state index in [2.05, 4.69) is 20.7 Å². The van der Waals surface area contributed by atoms with Crippen LogP contribution in [0.1, 0.15) is 16.8 Å². The Hall–Kier alpha value is -1.95. The van der Waals surface area contributed by atoms with Crippen molar-refractivity contribution in [2.24, 2.45) is 11.8 Å². The summed E-state index contributed by atoms with van der Waals surface area (Å²) in [5, 5.41) is 14.1. The number of nitrogens with one attached hydrogen (secondary N) is 2. The Morgan fingerprint density at radius 2 is 2.05 bits per heavy atom. The number of nitrogens with zero attached hydrogens (tertiary/aromatic N) is 3. The molecule has 0 aliphatic carbocycles. The Kier molecular flexibility index (Phi) is 2.70. The van der Waals surface area contributed by atoms with Crippen molar-refractivity contribution in [3.05, 3.63) is 23.8 Å². The van der Waals surface area contributed by atoms with E-state index in [1.54, 1.807) is 0 Å². The van der Waals surface area contributed by atoms with Gasteiger partial charge in [-0.05, 0) is 49.5 Å². The van der Waals surface area contributed by atoms with E-state index in [0.29, 0.717) is 11.5 Å². The molecule has 0 unspecified atom stereocenters. The van der Waals surface area contributed by atoms with Crippen molar-refractivity contribution in [2.45, 2.75) is 6.42 Å². The summed E-state index contributed by atoms with van der Waals surface area (Å²) in [5.74, 6) is 1.47. The van der Waals surface area contributed by atoms with Gasteiger partial charge in [-0.2, -0.15) is 15.4 Å². The molecule has 6 heteroatoms. The number of benzene rings is 1. The van der Waals surface area contributed by atoms with Gasteiger partial charge in [0, 0.05) is 18.7 Å². The molecule has 2 aromatic rings. The molecule has 104 valence electrons. The summed E-state index contributed by atoms with van der Waals surface area (Å²) in [6.07, 6.45) is 1.11. The lowest BCUT2D eigenvalue weighted by Gasteiger charge is -2.34. The van der Waals surface area contributed by atoms with Gasteiger partial charge >= 0.3 is 0 Å². The fourth-order valence-electron chi connectivity index (χ4n) is 3.38. The Morgan fingerprint density at radius 1 is 1.20 bits per heavy atom. The fourth-order valence-corrected chi connectivity index (χ4v) is 3.38. The highest BCUT2D eigenvalue weighted by Crippen LogP contribution is 2.27. The molecule has 2 saturated heterocycles. The smallest absolute Gasteiger partial charge is 0.253 e. The molecule has 2 atom stereocenters. The minimum atomic E-state index is 0.111. The maximum absolute atomic E-state index is 12.6. The van der Waals surface area contributed by atoms with E-state index >= 15 is 0 Å². The molecule has 2 aliphatic heterocycles. The number of hydrogen-bond donors (Lipinski definition) is 2. The zero-order valence-corrected chi connectivity index (χ0v) is 11.2. The summed E-state index contributed by atoms with van der Waals surface area (Å²) in [5.41, 5.74) is 2.24. The van der Waals surface area contributed by atoms with Gasteiger partial charge in [0.2, 0.25) is 0 Å². The molecular formula is C14H17N5O. The number of fused-ring (bicyclic) bond motifs is 2. The summed E-state index contributed by atoms with van der Waals surface area (Å²) < 4.78 is 0. The van der Waals surface area contributed by atoms with Crippen LogP contribution in [-0.2, 0) is 0 Å². The van der Waals surface area contributed by atoms with Crippen LogP contribution in [0.4, 0.5) is 0 Å². The number of piperidine rings is 1. The topological polar surface area (TPSA) is 73.9 Å². The number of hydrogen-bond acceptors (Lipinski definition) is 4. The molecule has 2 fully saturated rings. The Labute approximate surface area is 116 Å². The van der Waals surface area contributed by atoms with Crippen LogP contribution in [0.2, 0.25) is 0 Å². The van der Waals surface area contributed by atoms with Gasteiger partial charge in [-0.15, -0.1) is 0 Å². The third-order valence-electron chi connectivity index (χ3n) is 4.55. The maximum Gasteiger partial charge on any atom is 0.253 e. The molecular weight excluding hydrogens is 254 g/mol. The van der Waals surface area contributed by atoms with E-state index < -0.39 is 0 Å². The lowest BCUT2D eigenvalue weighted by atomic mass is 9.88. The zero-order chi connectivity index (χ0) is 13.5. The number of H-pyrrole nitrogens is 1. The average molecular weight is 271 g/mol. The highest BCUT2D eigenvalue weighted by molar-refractivity contribution is 5.97. The van der Waals surface area contributed by atoms with Crippen LogP contribution in [0.25, 0.3) is 11.0 Å². The molecule has 20 heavy (non-hydrogen) atoms. The minimum Gasteiger partial charge on any atom is -0.338 e. The first-order valence-corrected chi connectivity index (χ1v) is 7.12. The molecule has 1 aromatic heterocycles. The van der Waals surface area contributed by atoms with Gasteiger partial charge in [0.05, 0.1) is 0 Å². The predicted octanol–water partition coefficient (Wildman–Crippen LogP) is 0.639. The number of amides is 1. The van der Waals surface area contributed by atoms with Gasteiger partial charge in [0.25, 0.3) is 5.91 Å². The van der Waals surface area contributed by atoms with Crippen molar-refractivity contribution in [1.82, 2.24) is 25.6 Å². The molecule has 0 radical (unpaired) electrons. The molecule has 0 spiro atoms. The molecule has 2 N–H and O–H groups in total. The number of aromatic nitrogens is 3. The lowest BCUT2D eigenvalue weighted by Crippen LogP contribution is -2.43. The number of carbonyl (C=O) groups is 1. The first kappa shape index (κ1) is 11.8. The second kappa shape index (κ2) is 4.56. The van der Waals surface area contributed by atoms with Gasteiger partial charge < -0.3 is 10.2 Å². The third-order valence-corrected chi connectivity index (χ3v) is 4.55. The van der Waals surface area contributed by atoms with Crippen molar-refractivity contribution in [3.8, 4) is 0 Å².